The molecule has 0 amide bonds. The molecule has 21 heavy (non-hydrogen) atoms. The van der Waals surface area contributed by atoms with Crippen LogP contribution in [0.1, 0.15) is 17.5 Å². The predicted molar refractivity (Wildman–Crippen MR) is 76.8 cm³/mol. The van der Waals surface area contributed by atoms with Crippen LogP contribution >= 0.6 is 0 Å². The van der Waals surface area contributed by atoms with Gasteiger partial charge >= 0.3 is 0 Å². The Labute approximate surface area is 124 Å². The van der Waals surface area contributed by atoms with Crippen molar-refractivity contribution in [2.45, 2.75) is 24.3 Å². The van der Waals surface area contributed by atoms with Crippen LogP contribution in [-0.2, 0) is 20.5 Å². The Bertz CT molecular complexity index is 639. The van der Waals surface area contributed by atoms with Gasteiger partial charge in [0.1, 0.15) is 0 Å². The van der Waals surface area contributed by atoms with E-state index < -0.39 is 16.1 Å². The van der Waals surface area contributed by atoms with Crippen LogP contribution in [0.2, 0.25) is 0 Å². The van der Waals surface area contributed by atoms with Gasteiger partial charge in [-0.25, -0.2) is 8.42 Å². The molecular weight excluding hydrogens is 292 g/mol. The van der Waals surface area contributed by atoms with E-state index in [2.05, 4.69) is 0 Å². The van der Waals surface area contributed by atoms with E-state index in [0.717, 1.165) is 0 Å². The maximum Gasteiger partial charge on any atom is 0.218 e. The van der Waals surface area contributed by atoms with E-state index in [9.17, 15) is 13.5 Å². The van der Waals surface area contributed by atoms with Gasteiger partial charge in [-0.1, -0.05) is 12.1 Å². The summed E-state index contributed by atoms with van der Waals surface area (Å²) < 4.78 is 31.5. The van der Waals surface area contributed by atoms with Gasteiger partial charge in [0.15, 0.2) is 0 Å². The normalized spacial score (nSPS) is 23.1. The van der Waals surface area contributed by atoms with Crippen molar-refractivity contribution in [2.24, 2.45) is 0 Å². The summed E-state index contributed by atoms with van der Waals surface area (Å²) >= 11 is 0. The van der Waals surface area contributed by atoms with Gasteiger partial charge in [-0.05, 0) is 24.1 Å². The maximum absolute atomic E-state index is 12.5. The first-order valence-corrected chi connectivity index (χ1v) is 8.23. The molecule has 0 aromatic heterocycles. The second-order valence-electron chi connectivity index (χ2n) is 5.07. The van der Waals surface area contributed by atoms with E-state index in [-0.39, 0.29) is 25.0 Å². The zero-order chi connectivity index (χ0) is 15.5. The number of aliphatic hydroxyl groups is 1. The number of benzene rings is 1. The van der Waals surface area contributed by atoms with Crippen LogP contribution in [0.5, 0.6) is 0 Å². The highest BCUT2D eigenvalue weighted by atomic mass is 32.2. The van der Waals surface area contributed by atoms with Crippen molar-refractivity contribution in [3.05, 3.63) is 35.4 Å². The highest BCUT2D eigenvalue weighted by Gasteiger charge is 2.39. The van der Waals surface area contributed by atoms with Crippen molar-refractivity contribution in [3.8, 4) is 6.07 Å². The molecule has 1 aromatic rings. The number of hydrogen-bond acceptors (Lipinski definition) is 5. The molecule has 0 spiro atoms. The molecule has 0 saturated carbocycles. The van der Waals surface area contributed by atoms with Crippen LogP contribution in [0.4, 0.5) is 0 Å². The summed E-state index contributed by atoms with van der Waals surface area (Å²) in [5.41, 5.74) is 0.990. The van der Waals surface area contributed by atoms with Crippen molar-refractivity contribution in [2.75, 3.05) is 20.3 Å². The van der Waals surface area contributed by atoms with Gasteiger partial charge in [-0.2, -0.15) is 9.57 Å². The molecule has 2 atom stereocenters. The molecule has 1 fully saturated rings. The molecule has 1 aliphatic heterocycles. The second-order valence-corrected chi connectivity index (χ2v) is 6.99. The Kier molecular flexibility index (Phi) is 4.96. The highest BCUT2D eigenvalue weighted by Crippen LogP contribution is 2.25. The molecule has 1 saturated heterocycles. The average Bonchev–Trinajstić information content (AvgIpc) is 2.91. The fourth-order valence-corrected chi connectivity index (χ4v) is 4.31. The Morgan fingerprint density at radius 2 is 2.29 bits per heavy atom. The molecule has 1 N–H and O–H groups in total. The fourth-order valence-electron chi connectivity index (χ4n) is 2.55. The molecule has 0 aliphatic carbocycles. The van der Waals surface area contributed by atoms with Crippen LogP contribution in [0, 0.1) is 11.3 Å². The minimum Gasteiger partial charge on any atom is -0.395 e. The van der Waals surface area contributed by atoms with E-state index in [1.807, 2.05) is 6.07 Å². The minimum absolute atomic E-state index is 0.185. The lowest BCUT2D eigenvalue weighted by molar-refractivity contribution is 0.113. The quantitative estimate of drug-likeness (QED) is 0.853. The van der Waals surface area contributed by atoms with Crippen LogP contribution in [0.15, 0.2) is 24.3 Å². The third-order valence-electron chi connectivity index (χ3n) is 3.63. The number of methoxy groups -OCH3 is 1. The van der Waals surface area contributed by atoms with Crippen molar-refractivity contribution in [1.29, 1.82) is 5.26 Å². The highest BCUT2D eigenvalue weighted by molar-refractivity contribution is 7.88. The number of nitrogens with zero attached hydrogens (tertiary/aromatic N) is 2. The predicted octanol–water partition coefficient (Wildman–Crippen LogP) is 0.470. The number of ether oxygens (including phenoxy) is 1. The number of aliphatic hydroxyl groups excluding tert-OH is 1. The van der Waals surface area contributed by atoms with Gasteiger partial charge < -0.3 is 9.84 Å². The third kappa shape index (κ3) is 3.60. The molecular formula is C14H18N2O4S. The van der Waals surface area contributed by atoms with Crippen molar-refractivity contribution in [3.63, 3.8) is 0 Å². The van der Waals surface area contributed by atoms with Crippen molar-refractivity contribution < 1.29 is 18.3 Å². The van der Waals surface area contributed by atoms with Crippen molar-refractivity contribution >= 4 is 10.0 Å². The Morgan fingerprint density at radius 1 is 1.52 bits per heavy atom. The standard InChI is InChI=1S/C14H18N2O4S/c1-20-14-6-13(9-17)16(8-14)21(18,19)10-12-4-2-3-11(5-12)7-15/h2-5,13-14,17H,6,8-10H2,1H3/t13-,14-/m0/s1. The smallest absolute Gasteiger partial charge is 0.218 e. The molecule has 0 bridgehead atoms. The summed E-state index contributed by atoms with van der Waals surface area (Å²) in [5.74, 6) is -0.185. The summed E-state index contributed by atoms with van der Waals surface area (Å²) in [6.07, 6.45) is 0.298. The number of hydrogen-bond donors (Lipinski definition) is 1. The number of sulfonamides is 1. The first-order valence-electron chi connectivity index (χ1n) is 6.62. The molecule has 1 aliphatic rings. The van der Waals surface area contributed by atoms with Crippen LogP contribution in [0.3, 0.4) is 0 Å². The zero-order valence-electron chi connectivity index (χ0n) is 11.8. The summed E-state index contributed by atoms with van der Waals surface area (Å²) in [6.45, 7) is 0.0271. The molecule has 0 radical (unpaired) electrons. The Morgan fingerprint density at radius 3 is 2.90 bits per heavy atom. The summed E-state index contributed by atoms with van der Waals surface area (Å²) in [5, 5.41) is 18.2. The number of rotatable bonds is 5. The summed E-state index contributed by atoms with van der Waals surface area (Å²) in [4.78, 5) is 0. The monoisotopic (exact) mass is 310 g/mol. The fraction of sp³-hybridized carbons (Fsp3) is 0.500. The molecule has 114 valence electrons. The van der Waals surface area contributed by atoms with E-state index >= 15 is 0 Å². The Balaban J connectivity index is 2.19. The SMILES string of the molecule is CO[C@H]1C[C@@H](CO)N(S(=O)(=O)Cc2cccc(C#N)c2)C1. The molecule has 7 heteroatoms. The minimum atomic E-state index is -3.56. The molecule has 1 heterocycles. The van der Waals surface area contributed by atoms with Gasteiger partial charge in [0.25, 0.3) is 0 Å². The Hall–Kier alpha value is -1.46. The van der Waals surface area contributed by atoms with Gasteiger partial charge in [0.05, 0.1) is 36.1 Å². The lowest BCUT2D eigenvalue weighted by Gasteiger charge is -2.22. The largest absolute Gasteiger partial charge is 0.395 e. The lowest BCUT2D eigenvalue weighted by atomic mass is 10.2. The van der Waals surface area contributed by atoms with Gasteiger partial charge in [0, 0.05) is 13.7 Å². The topological polar surface area (TPSA) is 90.6 Å². The van der Waals surface area contributed by atoms with Crippen LogP contribution in [0.25, 0.3) is 0 Å². The number of nitriles is 1. The summed E-state index contributed by atoms with van der Waals surface area (Å²) in [6, 6.07) is 8.08. The molecule has 6 nitrogen and oxygen atoms in total. The van der Waals surface area contributed by atoms with E-state index in [1.165, 1.54) is 11.4 Å². The van der Waals surface area contributed by atoms with E-state index in [0.29, 0.717) is 17.5 Å². The van der Waals surface area contributed by atoms with Gasteiger partial charge in [0.2, 0.25) is 10.0 Å². The first-order chi connectivity index (χ1) is 10.00. The third-order valence-corrected chi connectivity index (χ3v) is 5.49. The molecule has 0 unspecified atom stereocenters. The molecule has 1 aromatic carbocycles. The second kappa shape index (κ2) is 6.54. The average molecular weight is 310 g/mol. The van der Waals surface area contributed by atoms with Crippen molar-refractivity contribution in [1.82, 2.24) is 4.31 Å². The molecule has 2 rings (SSSR count). The van der Waals surface area contributed by atoms with Crippen LogP contribution < -0.4 is 0 Å². The van der Waals surface area contributed by atoms with E-state index in [4.69, 9.17) is 10.00 Å². The lowest BCUT2D eigenvalue weighted by Crippen LogP contribution is -2.38. The maximum atomic E-state index is 12.5. The van der Waals surface area contributed by atoms with Gasteiger partial charge in [-0.3, -0.25) is 0 Å². The van der Waals surface area contributed by atoms with Gasteiger partial charge in [-0.15, -0.1) is 0 Å². The van der Waals surface area contributed by atoms with E-state index in [1.54, 1.807) is 24.3 Å². The zero-order valence-corrected chi connectivity index (χ0v) is 12.6. The first kappa shape index (κ1) is 15.9. The summed E-state index contributed by atoms with van der Waals surface area (Å²) in [7, 11) is -2.03. The van der Waals surface area contributed by atoms with Crippen LogP contribution in [-0.4, -0.2) is 50.2 Å².